The van der Waals surface area contributed by atoms with Crippen LogP contribution in [0.5, 0.6) is 0 Å². The Hall–Kier alpha value is -3.15. The van der Waals surface area contributed by atoms with Crippen LogP contribution in [0.25, 0.3) is 0 Å². The number of ether oxygens (including phenoxy) is 1. The van der Waals surface area contributed by atoms with Gasteiger partial charge >= 0.3 is 5.97 Å². The molecule has 0 saturated heterocycles. The van der Waals surface area contributed by atoms with E-state index in [2.05, 4.69) is 10.6 Å². The standard InChI is InChI=1S/C22H26N2O4/c1-14-5-6-17(4)19(12-14)24-20(25)7-8-22(27)28-13-21(26)23-18-10-15(2)9-16(3)11-18/h5-6,9-12H,7-8,13H2,1-4H3,(H,23,26)(H,24,25). The van der Waals surface area contributed by atoms with Crippen molar-refractivity contribution in [3.8, 4) is 0 Å². The van der Waals surface area contributed by atoms with E-state index in [4.69, 9.17) is 4.74 Å². The number of aryl methyl sites for hydroxylation is 4. The highest BCUT2D eigenvalue weighted by Gasteiger charge is 2.12. The monoisotopic (exact) mass is 382 g/mol. The zero-order valence-corrected chi connectivity index (χ0v) is 16.7. The number of hydrogen-bond acceptors (Lipinski definition) is 4. The molecule has 0 spiro atoms. The van der Waals surface area contributed by atoms with Crippen LogP contribution in [-0.2, 0) is 19.1 Å². The van der Waals surface area contributed by atoms with E-state index in [-0.39, 0.29) is 25.4 Å². The van der Waals surface area contributed by atoms with E-state index in [1.165, 1.54) is 0 Å². The molecule has 0 saturated carbocycles. The fourth-order valence-corrected chi connectivity index (χ4v) is 2.76. The van der Waals surface area contributed by atoms with Gasteiger partial charge < -0.3 is 15.4 Å². The highest BCUT2D eigenvalue weighted by atomic mass is 16.5. The van der Waals surface area contributed by atoms with Gasteiger partial charge in [0.1, 0.15) is 0 Å². The minimum Gasteiger partial charge on any atom is -0.456 e. The van der Waals surface area contributed by atoms with Gasteiger partial charge in [-0.3, -0.25) is 14.4 Å². The molecular formula is C22H26N2O4. The van der Waals surface area contributed by atoms with Crippen molar-refractivity contribution in [2.45, 2.75) is 40.5 Å². The maximum Gasteiger partial charge on any atom is 0.306 e. The van der Waals surface area contributed by atoms with E-state index in [0.717, 1.165) is 27.9 Å². The van der Waals surface area contributed by atoms with Crippen molar-refractivity contribution in [2.75, 3.05) is 17.2 Å². The first-order valence-corrected chi connectivity index (χ1v) is 9.14. The van der Waals surface area contributed by atoms with Gasteiger partial charge in [-0.05, 0) is 68.1 Å². The van der Waals surface area contributed by atoms with Crippen molar-refractivity contribution < 1.29 is 19.1 Å². The molecular weight excluding hydrogens is 356 g/mol. The van der Waals surface area contributed by atoms with Crippen molar-refractivity contribution >= 4 is 29.2 Å². The Morgan fingerprint density at radius 1 is 0.786 bits per heavy atom. The minimum absolute atomic E-state index is 0.00902. The molecule has 28 heavy (non-hydrogen) atoms. The smallest absolute Gasteiger partial charge is 0.306 e. The molecule has 0 aliphatic carbocycles. The van der Waals surface area contributed by atoms with E-state index >= 15 is 0 Å². The lowest BCUT2D eigenvalue weighted by atomic mass is 10.1. The van der Waals surface area contributed by atoms with E-state index in [1.54, 1.807) is 0 Å². The molecule has 6 nitrogen and oxygen atoms in total. The number of amides is 2. The molecule has 0 bridgehead atoms. The lowest BCUT2D eigenvalue weighted by Gasteiger charge is -2.10. The summed E-state index contributed by atoms with van der Waals surface area (Å²) < 4.78 is 4.95. The summed E-state index contributed by atoms with van der Waals surface area (Å²) in [7, 11) is 0. The van der Waals surface area contributed by atoms with E-state index in [1.807, 2.05) is 64.1 Å². The number of carbonyl (C=O) groups is 3. The molecule has 2 N–H and O–H groups in total. The predicted molar refractivity (Wildman–Crippen MR) is 109 cm³/mol. The average Bonchev–Trinajstić information content (AvgIpc) is 2.60. The fourth-order valence-electron chi connectivity index (χ4n) is 2.76. The SMILES string of the molecule is Cc1cc(C)cc(NC(=O)COC(=O)CCC(=O)Nc2cc(C)ccc2C)c1. The van der Waals surface area contributed by atoms with Gasteiger partial charge in [0.05, 0.1) is 6.42 Å². The molecule has 0 atom stereocenters. The molecule has 0 aromatic heterocycles. The fraction of sp³-hybridized carbons (Fsp3) is 0.318. The average molecular weight is 382 g/mol. The number of benzene rings is 2. The highest BCUT2D eigenvalue weighted by molar-refractivity contribution is 5.94. The van der Waals surface area contributed by atoms with Crippen LogP contribution in [-0.4, -0.2) is 24.4 Å². The van der Waals surface area contributed by atoms with Crippen molar-refractivity contribution in [1.29, 1.82) is 0 Å². The Kier molecular flexibility index (Phi) is 7.32. The maximum atomic E-state index is 12.0. The first-order chi connectivity index (χ1) is 13.2. The summed E-state index contributed by atoms with van der Waals surface area (Å²) >= 11 is 0. The summed E-state index contributed by atoms with van der Waals surface area (Å²) in [6, 6.07) is 11.4. The third-order valence-electron chi connectivity index (χ3n) is 4.09. The van der Waals surface area contributed by atoms with Crippen LogP contribution in [0.15, 0.2) is 36.4 Å². The van der Waals surface area contributed by atoms with Crippen LogP contribution >= 0.6 is 0 Å². The Morgan fingerprint density at radius 3 is 2.14 bits per heavy atom. The van der Waals surface area contributed by atoms with Gasteiger partial charge in [-0.2, -0.15) is 0 Å². The lowest BCUT2D eigenvalue weighted by molar-refractivity contribution is -0.147. The Bertz CT molecular complexity index is 870. The Balaban J connectivity index is 1.73. The number of anilines is 2. The molecule has 2 aromatic rings. The third kappa shape index (κ3) is 6.87. The summed E-state index contributed by atoms with van der Waals surface area (Å²) in [6.45, 7) is 7.33. The molecule has 0 heterocycles. The second-order valence-corrected chi connectivity index (χ2v) is 6.95. The topological polar surface area (TPSA) is 84.5 Å². The summed E-state index contributed by atoms with van der Waals surface area (Å²) in [6.07, 6.45) is -0.0988. The van der Waals surface area contributed by atoms with Gasteiger partial charge in [-0.15, -0.1) is 0 Å². The Labute approximate surface area is 165 Å². The number of esters is 1. The van der Waals surface area contributed by atoms with Gasteiger partial charge in [0.25, 0.3) is 5.91 Å². The molecule has 0 unspecified atom stereocenters. The lowest BCUT2D eigenvalue weighted by Crippen LogP contribution is -2.22. The van der Waals surface area contributed by atoms with E-state index in [9.17, 15) is 14.4 Å². The molecule has 0 fully saturated rings. The second kappa shape index (κ2) is 9.69. The number of rotatable bonds is 7. The van der Waals surface area contributed by atoms with Gasteiger partial charge in [0.15, 0.2) is 6.61 Å². The quantitative estimate of drug-likeness (QED) is 0.713. The van der Waals surface area contributed by atoms with Crippen molar-refractivity contribution in [2.24, 2.45) is 0 Å². The van der Waals surface area contributed by atoms with Crippen LogP contribution in [0.4, 0.5) is 11.4 Å². The summed E-state index contributed by atoms with van der Waals surface area (Å²) in [5.74, 6) is -1.28. The first kappa shape index (κ1) is 21.2. The molecule has 2 rings (SSSR count). The number of carbonyl (C=O) groups excluding carboxylic acids is 3. The van der Waals surface area contributed by atoms with E-state index in [0.29, 0.717) is 5.69 Å². The minimum atomic E-state index is -0.591. The van der Waals surface area contributed by atoms with Gasteiger partial charge in [0, 0.05) is 17.8 Å². The molecule has 2 amide bonds. The van der Waals surface area contributed by atoms with Crippen LogP contribution in [0.3, 0.4) is 0 Å². The van der Waals surface area contributed by atoms with Crippen LogP contribution in [0.2, 0.25) is 0 Å². The highest BCUT2D eigenvalue weighted by Crippen LogP contribution is 2.17. The summed E-state index contributed by atoms with van der Waals surface area (Å²) in [5, 5.41) is 5.48. The normalized spacial score (nSPS) is 10.3. The molecule has 148 valence electrons. The van der Waals surface area contributed by atoms with Gasteiger partial charge in [-0.1, -0.05) is 18.2 Å². The summed E-state index contributed by atoms with van der Waals surface area (Å²) in [4.78, 5) is 35.7. The largest absolute Gasteiger partial charge is 0.456 e. The predicted octanol–water partition coefficient (Wildman–Crippen LogP) is 3.82. The van der Waals surface area contributed by atoms with Gasteiger partial charge in [-0.25, -0.2) is 0 Å². The van der Waals surface area contributed by atoms with Crippen LogP contribution in [0.1, 0.15) is 35.1 Å². The van der Waals surface area contributed by atoms with Gasteiger partial charge in [0.2, 0.25) is 5.91 Å². The van der Waals surface area contributed by atoms with Crippen LogP contribution in [0, 0.1) is 27.7 Å². The molecule has 0 aliphatic heterocycles. The third-order valence-corrected chi connectivity index (χ3v) is 4.09. The molecule has 0 aliphatic rings. The zero-order chi connectivity index (χ0) is 20.7. The zero-order valence-electron chi connectivity index (χ0n) is 16.7. The van der Waals surface area contributed by atoms with E-state index < -0.39 is 11.9 Å². The Morgan fingerprint density at radius 2 is 1.46 bits per heavy atom. The number of nitrogens with one attached hydrogen (secondary N) is 2. The van der Waals surface area contributed by atoms with Crippen molar-refractivity contribution in [1.82, 2.24) is 0 Å². The van der Waals surface area contributed by atoms with Crippen molar-refractivity contribution in [3.63, 3.8) is 0 Å². The van der Waals surface area contributed by atoms with Crippen LogP contribution < -0.4 is 10.6 Å². The maximum absolute atomic E-state index is 12.0. The second-order valence-electron chi connectivity index (χ2n) is 6.95. The molecule has 6 heteroatoms. The first-order valence-electron chi connectivity index (χ1n) is 9.14. The molecule has 0 radical (unpaired) electrons. The summed E-state index contributed by atoms with van der Waals surface area (Å²) in [5.41, 5.74) is 5.43. The number of hydrogen-bond donors (Lipinski definition) is 2. The van der Waals surface area contributed by atoms with Crippen molar-refractivity contribution in [3.05, 3.63) is 58.7 Å². The molecule has 2 aromatic carbocycles.